The number of nitrogens with zero attached hydrogens (tertiary/aromatic N) is 1. The third-order valence-electron chi connectivity index (χ3n) is 4.20. The Hall–Kier alpha value is -3.64. The molecular formula is C24H21ClN2O4. The number of para-hydroxylation sites is 1. The minimum atomic E-state index is -0.976. The molecule has 158 valence electrons. The quantitative estimate of drug-likeness (QED) is 0.401. The van der Waals surface area contributed by atoms with E-state index in [9.17, 15) is 9.59 Å². The molecule has 0 aliphatic carbocycles. The molecule has 0 fully saturated rings. The lowest BCUT2D eigenvalue weighted by atomic mass is 10.2. The van der Waals surface area contributed by atoms with Crippen molar-refractivity contribution in [1.29, 1.82) is 0 Å². The van der Waals surface area contributed by atoms with E-state index < -0.39 is 18.0 Å². The molecule has 3 rings (SSSR count). The van der Waals surface area contributed by atoms with E-state index >= 15 is 0 Å². The number of hydrogen-bond acceptors (Lipinski definition) is 5. The number of benzene rings is 2. The van der Waals surface area contributed by atoms with Gasteiger partial charge in [-0.1, -0.05) is 41.9 Å². The van der Waals surface area contributed by atoms with Crippen molar-refractivity contribution in [3.05, 3.63) is 95.3 Å². The van der Waals surface area contributed by atoms with Crippen LogP contribution in [0.15, 0.2) is 79.0 Å². The van der Waals surface area contributed by atoms with Gasteiger partial charge in [-0.15, -0.1) is 0 Å². The number of esters is 1. The van der Waals surface area contributed by atoms with E-state index in [0.29, 0.717) is 23.1 Å². The number of hydrogen-bond donors (Lipinski definition) is 1. The summed E-state index contributed by atoms with van der Waals surface area (Å²) in [4.78, 5) is 28.4. The molecule has 1 unspecified atom stereocenters. The second kappa shape index (κ2) is 10.9. The predicted octanol–water partition coefficient (Wildman–Crippen LogP) is 4.90. The molecule has 1 aromatic heterocycles. The van der Waals surface area contributed by atoms with E-state index in [4.69, 9.17) is 21.1 Å². The molecule has 1 N–H and O–H groups in total. The van der Waals surface area contributed by atoms with Crippen LogP contribution in [0.2, 0.25) is 5.02 Å². The summed E-state index contributed by atoms with van der Waals surface area (Å²) in [6.07, 6.45) is 3.61. The summed E-state index contributed by atoms with van der Waals surface area (Å²) in [6, 6.07) is 19.7. The van der Waals surface area contributed by atoms with Crippen LogP contribution in [-0.4, -0.2) is 23.0 Å². The zero-order valence-electron chi connectivity index (χ0n) is 16.8. The number of ether oxygens (including phenoxy) is 2. The molecule has 0 saturated heterocycles. The summed E-state index contributed by atoms with van der Waals surface area (Å²) in [6.45, 7) is 1.86. The highest BCUT2D eigenvalue weighted by Gasteiger charge is 2.17. The molecule has 2 aromatic carbocycles. The first-order chi connectivity index (χ1) is 15.0. The minimum Gasteiger partial charge on any atom is -0.487 e. The Balaban J connectivity index is 1.47. The molecule has 0 spiro atoms. The van der Waals surface area contributed by atoms with Crippen LogP contribution in [0.4, 0.5) is 5.69 Å². The van der Waals surface area contributed by atoms with Crippen molar-refractivity contribution in [3.63, 3.8) is 0 Å². The molecule has 6 nitrogen and oxygen atoms in total. The zero-order chi connectivity index (χ0) is 22.1. The number of carbonyl (C=O) groups excluding carboxylic acids is 2. The maximum atomic E-state index is 12.2. The van der Waals surface area contributed by atoms with Crippen LogP contribution in [0.3, 0.4) is 0 Å². The highest BCUT2D eigenvalue weighted by Crippen LogP contribution is 2.20. The van der Waals surface area contributed by atoms with Gasteiger partial charge in [-0.2, -0.15) is 0 Å². The van der Waals surface area contributed by atoms with Crippen LogP contribution in [0.5, 0.6) is 5.75 Å². The van der Waals surface area contributed by atoms with Gasteiger partial charge >= 0.3 is 5.97 Å². The first-order valence-corrected chi connectivity index (χ1v) is 9.96. The summed E-state index contributed by atoms with van der Waals surface area (Å²) in [5.74, 6) is -0.406. The van der Waals surface area contributed by atoms with E-state index in [0.717, 1.165) is 11.3 Å². The standard InChI is InChI=1S/C24H21ClN2O4/c1-17(24(29)27-22-8-3-2-7-21(22)25)31-23(28)14-11-18-9-12-20(13-10-18)30-16-19-6-4-5-15-26-19/h2-15,17H,16H2,1H3,(H,27,29). The summed E-state index contributed by atoms with van der Waals surface area (Å²) in [7, 11) is 0. The second-order valence-corrected chi connectivity index (χ2v) is 6.97. The molecule has 0 saturated carbocycles. The Labute approximate surface area is 185 Å². The topological polar surface area (TPSA) is 77.5 Å². The van der Waals surface area contributed by atoms with Gasteiger partial charge < -0.3 is 14.8 Å². The van der Waals surface area contributed by atoms with Crippen LogP contribution in [0.1, 0.15) is 18.2 Å². The third-order valence-corrected chi connectivity index (χ3v) is 4.53. The molecule has 0 bridgehead atoms. The molecule has 3 aromatic rings. The van der Waals surface area contributed by atoms with Crippen LogP contribution in [0, 0.1) is 0 Å². The monoisotopic (exact) mass is 436 g/mol. The first-order valence-electron chi connectivity index (χ1n) is 9.58. The normalized spacial score (nSPS) is 11.7. The van der Waals surface area contributed by atoms with Gasteiger partial charge in [0, 0.05) is 12.3 Å². The average Bonchev–Trinajstić information content (AvgIpc) is 2.79. The molecule has 1 atom stereocenters. The van der Waals surface area contributed by atoms with Crippen molar-refractivity contribution in [2.24, 2.45) is 0 Å². The van der Waals surface area contributed by atoms with Crippen LogP contribution < -0.4 is 10.1 Å². The Morgan fingerprint density at radius 3 is 2.52 bits per heavy atom. The molecule has 0 radical (unpaired) electrons. The summed E-state index contributed by atoms with van der Waals surface area (Å²) in [5, 5.41) is 3.03. The fourth-order valence-electron chi connectivity index (χ4n) is 2.54. The Morgan fingerprint density at radius 1 is 1.06 bits per heavy atom. The molecule has 0 aliphatic heterocycles. The average molecular weight is 437 g/mol. The van der Waals surface area contributed by atoms with Gasteiger partial charge in [0.15, 0.2) is 6.10 Å². The van der Waals surface area contributed by atoms with E-state index in [2.05, 4.69) is 10.3 Å². The minimum absolute atomic E-state index is 0.372. The van der Waals surface area contributed by atoms with Gasteiger partial charge in [0.25, 0.3) is 5.91 Å². The van der Waals surface area contributed by atoms with Gasteiger partial charge in [-0.05, 0) is 55.0 Å². The first kappa shape index (κ1) is 22.1. The number of carbonyl (C=O) groups is 2. The lowest BCUT2D eigenvalue weighted by Crippen LogP contribution is -2.29. The highest BCUT2D eigenvalue weighted by atomic mass is 35.5. The predicted molar refractivity (Wildman–Crippen MR) is 120 cm³/mol. The fraction of sp³-hybridized carbons (Fsp3) is 0.125. The molecular weight excluding hydrogens is 416 g/mol. The van der Waals surface area contributed by atoms with Crippen LogP contribution >= 0.6 is 11.6 Å². The maximum Gasteiger partial charge on any atom is 0.331 e. The Kier molecular flexibility index (Phi) is 7.79. The number of anilines is 1. The van der Waals surface area contributed by atoms with Crippen LogP contribution in [0.25, 0.3) is 6.08 Å². The van der Waals surface area contributed by atoms with E-state index in [-0.39, 0.29) is 0 Å². The number of halogens is 1. The number of nitrogens with one attached hydrogen (secondary N) is 1. The summed E-state index contributed by atoms with van der Waals surface area (Å²) in [5.41, 5.74) is 2.08. The van der Waals surface area contributed by atoms with Crippen LogP contribution in [-0.2, 0) is 20.9 Å². The largest absolute Gasteiger partial charge is 0.487 e. The van der Waals surface area contributed by atoms with Crippen molar-refractivity contribution in [3.8, 4) is 5.75 Å². The number of amides is 1. The SMILES string of the molecule is CC(OC(=O)C=Cc1ccc(OCc2ccccn2)cc1)C(=O)Nc1ccccc1Cl. The maximum absolute atomic E-state index is 12.2. The smallest absolute Gasteiger partial charge is 0.331 e. The second-order valence-electron chi connectivity index (χ2n) is 6.56. The third kappa shape index (κ3) is 6.97. The Bertz CT molecular complexity index is 1050. The van der Waals surface area contributed by atoms with E-state index in [1.54, 1.807) is 48.7 Å². The van der Waals surface area contributed by atoms with Gasteiger partial charge in [0.2, 0.25) is 0 Å². The highest BCUT2D eigenvalue weighted by molar-refractivity contribution is 6.33. The van der Waals surface area contributed by atoms with E-state index in [1.165, 1.54) is 13.0 Å². The fourth-order valence-corrected chi connectivity index (χ4v) is 2.73. The molecule has 0 aliphatic rings. The summed E-state index contributed by atoms with van der Waals surface area (Å²) >= 11 is 6.01. The van der Waals surface area contributed by atoms with Gasteiger partial charge in [0.1, 0.15) is 12.4 Å². The number of pyridine rings is 1. The molecule has 31 heavy (non-hydrogen) atoms. The van der Waals surface area contributed by atoms with Crippen molar-refractivity contribution in [1.82, 2.24) is 4.98 Å². The number of aromatic nitrogens is 1. The zero-order valence-corrected chi connectivity index (χ0v) is 17.6. The van der Waals surface area contributed by atoms with Gasteiger partial charge in [-0.25, -0.2) is 4.79 Å². The van der Waals surface area contributed by atoms with Crippen molar-refractivity contribution in [2.45, 2.75) is 19.6 Å². The summed E-state index contributed by atoms with van der Waals surface area (Å²) < 4.78 is 10.8. The van der Waals surface area contributed by atoms with Gasteiger partial charge in [0.05, 0.1) is 16.4 Å². The Morgan fingerprint density at radius 2 is 1.81 bits per heavy atom. The van der Waals surface area contributed by atoms with Crippen molar-refractivity contribution in [2.75, 3.05) is 5.32 Å². The van der Waals surface area contributed by atoms with Crippen molar-refractivity contribution < 1.29 is 19.1 Å². The lowest BCUT2D eigenvalue weighted by Gasteiger charge is -2.13. The van der Waals surface area contributed by atoms with Crippen molar-refractivity contribution >= 4 is 35.2 Å². The van der Waals surface area contributed by atoms with E-state index in [1.807, 2.05) is 30.3 Å². The van der Waals surface area contributed by atoms with Gasteiger partial charge in [-0.3, -0.25) is 9.78 Å². The molecule has 7 heteroatoms. The lowest BCUT2D eigenvalue weighted by molar-refractivity contribution is -0.148. The molecule has 1 heterocycles. The number of rotatable bonds is 8. The molecule has 1 amide bonds.